The van der Waals surface area contributed by atoms with Crippen LogP contribution in [-0.2, 0) is 9.59 Å². The van der Waals surface area contributed by atoms with E-state index in [-0.39, 0.29) is 17.6 Å². The molecule has 6 heteroatoms. The fraction of sp³-hybridized carbons (Fsp3) is 0.667. The van der Waals surface area contributed by atoms with Crippen molar-refractivity contribution < 1.29 is 19.8 Å². The molecule has 1 amide bonds. The first-order valence-electron chi connectivity index (χ1n) is 6.09. The molecular formula is C12H17NO4S. The summed E-state index contributed by atoms with van der Waals surface area (Å²) >= 11 is 1.51. The quantitative estimate of drug-likeness (QED) is 0.730. The summed E-state index contributed by atoms with van der Waals surface area (Å²) in [5.74, 6) is -0.910. The molecule has 1 fully saturated rings. The SMILES string of the molecule is CCCSC1=C(C(=O)O)N2C(=O)[C@H]([C@@H](C)O)[C@H]2C1. The average molecular weight is 271 g/mol. The van der Waals surface area contributed by atoms with Crippen LogP contribution in [0.3, 0.4) is 0 Å². The highest BCUT2D eigenvalue weighted by Crippen LogP contribution is 2.46. The van der Waals surface area contributed by atoms with Crippen LogP contribution >= 0.6 is 11.8 Å². The van der Waals surface area contributed by atoms with Crippen LogP contribution < -0.4 is 0 Å². The minimum absolute atomic E-state index is 0.125. The van der Waals surface area contributed by atoms with E-state index in [4.69, 9.17) is 0 Å². The lowest BCUT2D eigenvalue weighted by Gasteiger charge is -2.44. The second-order valence-electron chi connectivity index (χ2n) is 4.67. The van der Waals surface area contributed by atoms with Gasteiger partial charge in [-0.25, -0.2) is 4.79 Å². The molecule has 0 aromatic heterocycles. The molecule has 2 aliphatic rings. The zero-order valence-electron chi connectivity index (χ0n) is 10.4. The lowest BCUT2D eigenvalue weighted by atomic mass is 9.83. The summed E-state index contributed by atoms with van der Waals surface area (Å²) in [5, 5.41) is 18.8. The Morgan fingerprint density at radius 1 is 1.61 bits per heavy atom. The van der Waals surface area contributed by atoms with Crippen molar-refractivity contribution in [3.8, 4) is 0 Å². The molecule has 18 heavy (non-hydrogen) atoms. The Kier molecular flexibility index (Phi) is 3.68. The second-order valence-corrected chi connectivity index (χ2v) is 5.86. The van der Waals surface area contributed by atoms with Crippen molar-refractivity contribution in [1.82, 2.24) is 4.90 Å². The number of aliphatic carboxylic acids is 1. The number of aliphatic hydroxyl groups is 1. The van der Waals surface area contributed by atoms with Crippen molar-refractivity contribution in [3.05, 3.63) is 10.6 Å². The largest absolute Gasteiger partial charge is 0.477 e. The Hall–Kier alpha value is -1.01. The highest BCUT2D eigenvalue weighted by atomic mass is 32.2. The lowest BCUT2D eigenvalue weighted by Crippen LogP contribution is -2.61. The number of carbonyl (C=O) groups excluding carboxylic acids is 1. The van der Waals surface area contributed by atoms with Gasteiger partial charge in [0.25, 0.3) is 0 Å². The van der Waals surface area contributed by atoms with Crippen molar-refractivity contribution in [2.24, 2.45) is 5.92 Å². The maximum Gasteiger partial charge on any atom is 0.353 e. The number of carbonyl (C=O) groups is 2. The van der Waals surface area contributed by atoms with Crippen LogP contribution in [0.4, 0.5) is 0 Å². The van der Waals surface area contributed by atoms with Crippen molar-refractivity contribution in [2.75, 3.05) is 5.75 Å². The molecule has 2 aliphatic heterocycles. The van der Waals surface area contributed by atoms with E-state index in [0.717, 1.165) is 17.1 Å². The van der Waals surface area contributed by atoms with Crippen LogP contribution in [-0.4, -0.2) is 44.9 Å². The van der Waals surface area contributed by atoms with E-state index < -0.39 is 18.0 Å². The highest BCUT2D eigenvalue weighted by molar-refractivity contribution is 8.03. The zero-order valence-corrected chi connectivity index (χ0v) is 11.2. The zero-order chi connectivity index (χ0) is 13.4. The first-order chi connectivity index (χ1) is 8.49. The van der Waals surface area contributed by atoms with Crippen LogP contribution in [0.1, 0.15) is 26.7 Å². The number of β-lactam (4-membered cyclic amide) rings is 1. The van der Waals surface area contributed by atoms with E-state index in [1.807, 2.05) is 6.92 Å². The minimum Gasteiger partial charge on any atom is -0.477 e. The number of hydrogen-bond donors (Lipinski definition) is 2. The first-order valence-corrected chi connectivity index (χ1v) is 7.08. The van der Waals surface area contributed by atoms with Gasteiger partial charge in [-0.2, -0.15) is 0 Å². The standard InChI is InChI=1S/C12H17NO4S/c1-3-4-18-8-5-7-9(6(2)14)11(15)13(7)10(8)12(16)17/h6-7,9,14H,3-5H2,1-2H3,(H,16,17)/t6-,7-,9-/m1/s1. The molecule has 100 valence electrons. The third-order valence-corrected chi connectivity index (χ3v) is 4.69. The van der Waals surface area contributed by atoms with E-state index in [9.17, 15) is 19.8 Å². The molecule has 2 heterocycles. The van der Waals surface area contributed by atoms with E-state index in [1.165, 1.54) is 16.7 Å². The molecule has 2 rings (SSSR count). The number of hydrogen-bond acceptors (Lipinski definition) is 4. The summed E-state index contributed by atoms with van der Waals surface area (Å²) in [6.07, 6.45) is 0.803. The topological polar surface area (TPSA) is 77.8 Å². The smallest absolute Gasteiger partial charge is 0.353 e. The number of nitrogens with zero attached hydrogens (tertiary/aromatic N) is 1. The summed E-state index contributed by atoms with van der Waals surface area (Å²) in [6.45, 7) is 3.61. The number of fused-ring (bicyclic) bond motifs is 1. The van der Waals surface area contributed by atoms with Crippen molar-refractivity contribution >= 4 is 23.6 Å². The number of aliphatic hydroxyl groups excluding tert-OH is 1. The summed E-state index contributed by atoms with van der Waals surface area (Å²) in [7, 11) is 0. The third-order valence-electron chi connectivity index (χ3n) is 3.37. The van der Waals surface area contributed by atoms with Gasteiger partial charge in [0, 0.05) is 11.3 Å². The van der Waals surface area contributed by atoms with Gasteiger partial charge in [0.15, 0.2) is 0 Å². The van der Waals surface area contributed by atoms with Gasteiger partial charge in [-0.05, 0) is 19.1 Å². The Morgan fingerprint density at radius 3 is 2.78 bits per heavy atom. The Bertz CT molecular complexity index is 418. The van der Waals surface area contributed by atoms with Crippen molar-refractivity contribution in [3.63, 3.8) is 0 Å². The van der Waals surface area contributed by atoms with Gasteiger partial charge in [0.1, 0.15) is 5.70 Å². The normalized spacial score (nSPS) is 28.2. The molecule has 5 nitrogen and oxygen atoms in total. The summed E-state index contributed by atoms with van der Waals surface area (Å²) < 4.78 is 0. The lowest BCUT2D eigenvalue weighted by molar-refractivity contribution is -0.161. The number of thioether (sulfide) groups is 1. The van der Waals surface area contributed by atoms with E-state index in [2.05, 4.69) is 0 Å². The number of carboxylic acids is 1. The van der Waals surface area contributed by atoms with Crippen LogP contribution in [0.5, 0.6) is 0 Å². The predicted molar refractivity (Wildman–Crippen MR) is 67.8 cm³/mol. The molecule has 0 unspecified atom stereocenters. The molecule has 0 saturated carbocycles. The molecule has 0 aliphatic carbocycles. The molecule has 0 spiro atoms. The number of rotatable bonds is 5. The van der Waals surface area contributed by atoms with E-state index >= 15 is 0 Å². The molecule has 0 radical (unpaired) electrons. The molecule has 0 aromatic carbocycles. The van der Waals surface area contributed by atoms with Gasteiger partial charge in [-0.3, -0.25) is 4.79 Å². The molecule has 0 bridgehead atoms. The molecule has 0 aromatic rings. The van der Waals surface area contributed by atoms with Crippen LogP contribution in [0, 0.1) is 5.92 Å². The van der Waals surface area contributed by atoms with Gasteiger partial charge >= 0.3 is 5.97 Å². The second kappa shape index (κ2) is 4.93. The fourth-order valence-corrected chi connectivity index (χ4v) is 3.65. The summed E-state index contributed by atoms with van der Waals surface area (Å²) in [6, 6.07) is -0.164. The first kappa shape index (κ1) is 13.4. The molecular weight excluding hydrogens is 254 g/mol. The summed E-state index contributed by atoms with van der Waals surface area (Å²) in [5.41, 5.74) is 0.125. The average Bonchev–Trinajstić information content (AvgIpc) is 2.60. The summed E-state index contributed by atoms with van der Waals surface area (Å²) in [4.78, 5) is 25.3. The van der Waals surface area contributed by atoms with Gasteiger partial charge in [0.05, 0.1) is 18.1 Å². The van der Waals surface area contributed by atoms with Crippen molar-refractivity contribution in [1.29, 1.82) is 0 Å². The highest BCUT2D eigenvalue weighted by Gasteiger charge is 2.56. The van der Waals surface area contributed by atoms with Crippen LogP contribution in [0.15, 0.2) is 10.6 Å². The van der Waals surface area contributed by atoms with Gasteiger partial charge in [-0.15, -0.1) is 11.8 Å². The Labute approximate surface area is 110 Å². The van der Waals surface area contributed by atoms with E-state index in [1.54, 1.807) is 6.92 Å². The van der Waals surface area contributed by atoms with Crippen molar-refractivity contribution in [2.45, 2.75) is 38.8 Å². The Balaban J connectivity index is 2.21. The van der Waals surface area contributed by atoms with Gasteiger partial charge < -0.3 is 15.1 Å². The maximum absolute atomic E-state index is 11.9. The Morgan fingerprint density at radius 2 is 2.28 bits per heavy atom. The van der Waals surface area contributed by atoms with Crippen LogP contribution in [0.25, 0.3) is 0 Å². The van der Waals surface area contributed by atoms with Crippen LogP contribution in [0.2, 0.25) is 0 Å². The maximum atomic E-state index is 11.9. The number of carboxylic acid groups (broad SMARTS) is 1. The minimum atomic E-state index is -1.05. The monoisotopic (exact) mass is 271 g/mol. The van der Waals surface area contributed by atoms with E-state index in [0.29, 0.717) is 6.42 Å². The number of amides is 1. The molecule has 3 atom stereocenters. The predicted octanol–water partition coefficient (Wildman–Crippen LogP) is 1.04. The van der Waals surface area contributed by atoms with Gasteiger partial charge in [0.2, 0.25) is 5.91 Å². The third kappa shape index (κ3) is 1.93. The molecule has 1 saturated heterocycles. The van der Waals surface area contributed by atoms with Gasteiger partial charge in [-0.1, -0.05) is 6.92 Å². The molecule has 2 N–H and O–H groups in total. The fourth-order valence-electron chi connectivity index (χ4n) is 2.59.